The number of rotatable bonds is 3. The molecule has 42 heavy (non-hydrogen) atoms. The highest BCUT2D eigenvalue weighted by Crippen LogP contribution is 2.48. The van der Waals surface area contributed by atoms with Gasteiger partial charge in [0, 0.05) is 10.9 Å². The van der Waals surface area contributed by atoms with Gasteiger partial charge in [-0.2, -0.15) is 0 Å². The van der Waals surface area contributed by atoms with Crippen molar-refractivity contribution in [2.45, 2.75) is 52.4 Å². The summed E-state index contributed by atoms with van der Waals surface area (Å²) in [6.45, 7) is 13.8. The van der Waals surface area contributed by atoms with Crippen LogP contribution in [0.3, 0.4) is 0 Å². The Balaban J connectivity index is 1.43. The molecule has 0 aromatic heterocycles. The summed E-state index contributed by atoms with van der Waals surface area (Å²) in [7, 11) is 0. The van der Waals surface area contributed by atoms with Gasteiger partial charge >= 0.3 is 0 Å². The molecule has 0 spiro atoms. The van der Waals surface area contributed by atoms with E-state index >= 15 is 0 Å². The van der Waals surface area contributed by atoms with Gasteiger partial charge < -0.3 is 4.74 Å². The van der Waals surface area contributed by atoms with Crippen LogP contribution in [0.2, 0.25) is 0 Å². The first kappa shape index (κ1) is 26.6. The predicted molar refractivity (Wildman–Crippen MR) is 182 cm³/mol. The Morgan fingerprint density at radius 2 is 1.05 bits per heavy atom. The van der Waals surface area contributed by atoms with Crippen molar-refractivity contribution in [3.05, 3.63) is 126 Å². The Bertz CT molecular complexity index is 1890. The molecule has 0 atom stereocenters. The summed E-state index contributed by atoms with van der Waals surface area (Å²) >= 11 is 0. The van der Waals surface area contributed by atoms with Crippen molar-refractivity contribution in [2.24, 2.45) is 0 Å². The standard InChI is InChI=1S/C40H37BO/c1-39(2,3)27-15-20-29(21-16-27)41(30-22-17-28(18-23-30)40(4,5)6)31-19-14-26-24-35-32-10-7-8-12-36(32)42-37-13-9-11-33(38(35)37)34(26)25-31/h7-25H,1-6H3. The first-order chi connectivity index (χ1) is 20.1. The van der Waals surface area contributed by atoms with E-state index in [-0.39, 0.29) is 17.5 Å². The van der Waals surface area contributed by atoms with E-state index in [0.717, 1.165) is 17.1 Å². The number of ether oxygens (including phenoxy) is 1. The normalized spacial score (nSPS) is 12.7. The summed E-state index contributed by atoms with van der Waals surface area (Å²) in [5.74, 6) is 1.85. The molecule has 6 aromatic rings. The molecule has 7 rings (SSSR count). The second-order valence-corrected chi connectivity index (χ2v) is 13.9. The molecule has 1 aliphatic rings. The molecule has 0 unspecified atom stereocenters. The van der Waals surface area contributed by atoms with Gasteiger partial charge in [-0.1, -0.05) is 155 Å². The molecule has 0 radical (unpaired) electrons. The quantitative estimate of drug-likeness (QED) is 0.159. The highest BCUT2D eigenvalue weighted by Gasteiger charge is 2.26. The fraction of sp³-hybridized carbons (Fsp3) is 0.200. The third-order valence-electron chi connectivity index (χ3n) is 8.91. The Hall–Kier alpha value is -4.30. The largest absolute Gasteiger partial charge is 0.456 e. The van der Waals surface area contributed by atoms with Crippen molar-refractivity contribution in [2.75, 3.05) is 0 Å². The molecule has 0 aliphatic carbocycles. The second kappa shape index (κ2) is 9.63. The van der Waals surface area contributed by atoms with Crippen LogP contribution in [0.15, 0.2) is 115 Å². The molecule has 206 valence electrons. The third kappa shape index (κ3) is 4.50. The third-order valence-corrected chi connectivity index (χ3v) is 8.91. The minimum Gasteiger partial charge on any atom is -0.456 e. The second-order valence-electron chi connectivity index (χ2n) is 13.9. The van der Waals surface area contributed by atoms with Crippen molar-refractivity contribution in [3.63, 3.8) is 0 Å². The van der Waals surface area contributed by atoms with Gasteiger partial charge in [-0.3, -0.25) is 0 Å². The van der Waals surface area contributed by atoms with Crippen LogP contribution >= 0.6 is 0 Å². The first-order valence-electron chi connectivity index (χ1n) is 15.1. The van der Waals surface area contributed by atoms with Crippen LogP contribution < -0.4 is 21.1 Å². The maximum Gasteiger partial charge on any atom is 0.241 e. The fourth-order valence-corrected chi connectivity index (χ4v) is 6.50. The van der Waals surface area contributed by atoms with Gasteiger partial charge in [0.05, 0.1) is 0 Å². The fourth-order valence-electron chi connectivity index (χ4n) is 6.50. The van der Waals surface area contributed by atoms with Gasteiger partial charge in [0.15, 0.2) is 0 Å². The Kier molecular flexibility index (Phi) is 6.10. The molecule has 0 saturated heterocycles. The molecule has 2 heteroatoms. The van der Waals surface area contributed by atoms with E-state index in [1.54, 1.807) is 0 Å². The molecule has 1 aliphatic heterocycles. The lowest BCUT2D eigenvalue weighted by atomic mass is 9.36. The van der Waals surface area contributed by atoms with Gasteiger partial charge in [0.25, 0.3) is 0 Å². The van der Waals surface area contributed by atoms with Gasteiger partial charge in [0.1, 0.15) is 11.5 Å². The average molecular weight is 545 g/mol. The van der Waals surface area contributed by atoms with Crippen LogP contribution in [0.4, 0.5) is 0 Å². The SMILES string of the molecule is CC(C)(C)c1ccc(B(c2ccc(C(C)(C)C)cc2)c2ccc3cc4c5c(cccc5c3c2)Oc2ccccc2-4)cc1. The Morgan fingerprint density at radius 1 is 0.476 bits per heavy atom. The van der Waals surface area contributed by atoms with E-state index in [1.807, 2.05) is 6.07 Å². The van der Waals surface area contributed by atoms with Crippen LogP contribution in [-0.2, 0) is 10.8 Å². The number of fused-ring (bicyclic) bond motifs is 4. The summed E-state index contributed by atoms with van der Waals surface area (Å²) in [5, 5.41) is 4.95. The number of benzene rings is 6. The van der Waals surface area contributed by atoms with Gasteiger partial charge in [-0.15, -0.1) is 0 Å². The lowest BCUT2D eigenvalue weighted by Crippen LogP contribution is -2.52. The van der Waals surface area contributed by atoms with E-state index in [9.17, 15) is 0 Å². The van der Waals surface area contributed by atoms with Crippen LogP contribution in [0.5, 0.6) is 11.5 Å². The van der Waals surface area contributed by atoms with E-state index < -0.39 is 0 Å². The lowest BCUT2D eigenvalue weighted by molar-refractivity contribution is 0.487. The molecule has 1 nitrogen and oxygen atoms in total. The van der Waals surface area contributed by atoms with Gasteiger partial charge in [-0.05, 0) is 61.9 Å². The molecular weight excluding hydrogens is 507 g/mol. The van der Waals surface area contributed by atoms with Gasteiger partial charge in [-0.25, -0.2) is 0 Å². The predicted octanol–water partition coefficient (Wildman–Crippen LogP) is 8.88. The molecule has 1 heterocycles. The van der Waals surface area contributed by atoms with Crippen LogP contribution in [0.1, 0.15) is 52.7 Å². The number of hydrogen-bond donors (Lipinski definition) is 0. The highest BCUT2D eigenvalue weighted by atomic mass is 16.5. The van der Waals surface area contributed by atoms with E-state index in [4.69, 9.17) is 4.74 Å². The zero-order valence-corrected chi connectivity index (χ0v) is 25.5. The Labute approximate surface area is 250 Å². The van der Waals surface area contributed by atoms with E-state index in [2.05, 4.69) is 151 Å². The molecule has 0 fully saturated rings. The van der Waals surface area contributed by atoms with Crippen LogP contribution in [-0.4, -0.2) is 6.71 Å². The topological polar surface area (TPSA) is 9.23 Å². The summed E-state index contributed by atoms with van der Waals surface area (Å²) in [4.78, 5) is 0. The maximum atomic E-state index is 6.39. The minimum absolute atomic E-state index is 0.116. The van der Waals surface area contributed by atoms with E-state index in [1.165, 1.54) is 54.6 Å². The number of para-hydroxylation sites is 1. The first-order valence-corrected chi connectivity index (χ1v) is 15.1. The van der Waals surface area contributed by atoms with Crippen molar-refractivity contribution >= 4 is 44.6 Å². The Morgan fingerprint density at radius 3 is 1.67 bits per heavy atom. The van der Waals surface area contributed by atoms with Crippen molar-refractivity contribution in [3.8, 4) is 22.6 Å². The highest BCUT2D eigenvalue weighted by molar-refractivity contribution is 6.95. The molecule has 0 N–H and O–H groups in total. The maximum absolute atomic E-state index is 6.39. The average Bonchev–Trinajstić information content (AvgIpc) is 2.97. The zero-order chi connectivity index (χ0) is 29.2. The number of hydrogen-bond acceptors (Lipinski definition) is 1. The van der Waals surface area contributed by atoms with Crippen LogP contribution in [0, 0.1) is 0 Å². The van der Waals surface area contributed by atoms with Gasteiger partial charge in [0.2, 0.25) is 6.71 Å². The molecule has 0 bridgehead atoms. The van der Waals surface area contributed by atoms with Crippen molar-refractivity contribution in [1.29, 1.82) is 0 Å². The van der Waals surface area contributed by atoms with Crippen molar-refractivity contribution in [1.82, 2.24) is 0 Å². The van der Waals surface area contributed by atoms with Crippen molar-refractivity contribution < 1.29 is 4.74 Å². The molecule has 0 saturated carbocycles. The summed E-state index contributed by atoms with van der Waals surface area (Å²) < 4.78 is 6.39. The molecule has 6 aromatic carbocycles. The summed E-state index contributed by atoms with van der Waals surface area (Å²) in [6, 6.07) is 42.8. The molecule has 0 amide bonds. The van der Waals surface area contributed by atoms with Crippen LogP contribution in [0.25, 0.3) is 32.7 Å². The summed E-state index contributed by atoms with van der Waals surface area (Å²) in [5.41, 5.74) is 9.26. The lowest BCUT2D eigenvalue weighted by Gasteiger charge is -2.24. The smallest absolute Gasteiger partial charge is 0.241 e. The summed E-state index contributed by atoms with van der Waals surface area (Å²) in [6.07, 6.45) is 0. The minimum atomic E-state index is 0.116. The molecular formula is C40H37BO. The van der Waals surface area contributed by atoms with E-state index in [0.29, 0.717) is 0 Å². The zero-order valence-electron chi connectivity index (χ0n) is 25.5. The monoisotopic (exact) mass is 544 g/mol.